The number of ether oxygens (including phenoxy) is 3. The molecular weight excluding hydrogens is 518 g/mol. The Morgan fingerprint density at radius 1 is 0.805 bits per heavy atom. The molecule has 0 aromatic heterocycles. The zero-order valence-electron chi connectivity index (χ0n) is 23.3. The smallest absolute Gasteiger partial charge is 0.307 e. The predicted octanol–water partition coefficient (Wildman–Crippen LogP) is 6.63. The highest BCUT2D eigenvalue weighted by Gasteiger charge is 2.47. The van der Waals surface area contributed by atoms with Gasteiger partial charge < -0.3 is 24.1 Å². The second-order valence-electron chi connectivity index (χ2n) is 9.19. The summed E-state index contributed by atoms with van der Waals surface area (Å²) in [6.07, 6.45) is 1.26. The number of methoxy groups -OCH3 is 3. The Kier molecular flexibility index (Phi) is 11.5. The van der Waals surface area contributed by atoms with Crippen LogP contribution in [0.3, 0.4) is 0 Å². The molecule has 0 spiro atoms. The lowest BCUT2D eigenvalue weighted by molar-refractivity contribution is -0.148. The summed E-state index contributed by atoms with van der Waals surface area (Å²) in [5.74, 6) is 0.582. The zero-order valence-corrected chi connectivity index (χ0v) is 23.3. The van der Waals surface area contributed by atoms with E-state index >= 15 is 0 Å². The highest BCUT2D eigenvalue weighted by molar-refractivity contribution is 5.77. The lowest BCUT2D eigenvalue weighted by Gasteiger charge is -2.40. The van der Waals surface area contributed by atoms with Gasteiger partial charge in [-0.2, -0.15) is 5.26 Å². The van der Waals surface area contributed by atoms with Crippen LogP contribution in [0.2, 0.25) is 0 Å². The number of aliphatic carboxylic acids is 1. The highest BCUT2D eigenvalue weighted by Crippen LogP contribution is 2.49. The Hall–Kier alpha value is -5.09. The first-order valence-corrected chi connectivity index (χ1v) is 13.0. The molecule has 1 aliphatic carbocycles. The first-order valence-electron chi connectivity index (χ1n) is 13.0. The normalized spacial score (nSPS) is 16.6. The summed E-state index contributed by atoms with van der Waals surface area (Å²) in [5, 5.41) is 17.8. The molecule has 0 saturated heterocycles. The predicted molar refractivity (Wildman–Crippen MR) is 157 cm³/mol. The topological polar surface area (TPSA) is 106 Å². The summed E-state index contributed by atoms with van der Waals surface area (Å²) in [6.45, 7) is 0. The summed E-state index contributed by atoms with van der Waals surface area (Å²) in [5.41, 5.74) is 3.65. The van der Waals surface area contributed by atoms with Gasteiger partial charge in [0.25, 0.3) is 0 Å². The molecule has 3 atom stereocenters. The molecule has 1 N–H and O–H groups in total. The lowest BCUT2D eigenvalue weighted by Crippen LogP contribution is -2.40. The number of aldehydes is 1. The van der Waals surface area contributed by atoms with Gasteiger partial charge in [-0.25, -0.2) is 0 Å². The molecule has 0 amide bonds. The van der Waals surface area contributed by atoms with Crippen molar-refractivity contribution in [3.63, 3.8) is 0 Å². The van der Waals surface area contributed by atoms with Gasteiger partial charge in [-0.1, -0.05) is 60.7 Å². The van der Waals surface area contributed by atoms with Gasteiger partial charge in [0.15, 0.2) is 0 Å². The maximum absolute atomic E-state index is 11.1. The molecule has 1 fully saturated rings. The number of benzene rings is 4. The fourth-order valence-electron chi connectivity index (χ4n) is 4.57. The van der Waals surface area contributed by atoms with E-state index in [1.54, 1.807) is 27.4 Å². The van der Waals surface area contributed by atoms with Crippen molar-refractivity contribution in [2.75, 3.05) is 21.3 Å². The number of carbonyl (C=O) groups excluding carboxylic acids is 1. The van der Waals surface area contributed by atoms with Gasteiger partial charge in [-0.3, -0.25) is 4.79 Å². The van der Waals surface area contributed by atoms with Crippen molar-refractivity contribution in [3.05, 3.63) is 114 Å². The fourth-order valence-corrected chi connectivity index (χ4v) is 4.57. The van der Waals surface area contributed by atoms with Crippen LogP contribution in [0.15, 0.2) is 103 Å². The van der Waals surface area contributed by atoms with Gasteiger partial charge >= 0.3 is 5.97 Å². The van der Waals surface area contributed by atoms with E-state index in [0.717, 1.165) is 34.5 Å². The van der Waals surface area contributed by atoms with Crippen LogP contribution in [0.4, 0.5) is 0 Å². The number of rotatable bonds is 7. The van der Waals surface area contributed by atoms with Crippen LogP contribution in [-0.2, 0) is 9.59 Å². The average molecular weight is 552 g/mol. The van der Waals surface area contributed by atoms with Crippen molar-refractivity contribution in [1.82, 2.24) is 0 Å². The molecule has 41 heavy (non-hydrogen) atoms. The molecule has 0 radical (unpaired) electrons. The molecule has 1 aliphatic rings. The van der Waals surface area contributed by atoms with Gasteiger partial charge in [0.1, 0.15) is 23.5 Å². The quantitative estimate of drug-likeness (QED) is 0.257. The number of carboxylic acids is 1. The average Bonchev–Trinajstić information content (AvgIpc) is 3.02. The third-order valence-electron chi connectivity index (χ3n) is 6.81. The molecule has 4 aromatic rings. The standard InChI is InChI=1S/C14H11NO.C13H14O4.C7H8O/c1-16-14-4-2-3-13(9-14)12-7-5-11(10-15)6-8-12;1-17-11-5-3-2-4-9(11)12-8(7-14)6-10(12)13(15)16;1-8-7-5-3-2-4-6-7/h2-9H,1H3;2-5,7-8,10,12H,6H2,1H3,(H,15,16);2-6H,1H3. The van der Waals surface area contributed by atoms with Crippen molar-refractivity contribution in [2.45, 2.75) is 12.3 Å². The highest BCUT2D eigenvalue weighted by atomic mass is 16.5. The van der Waals surface area contributed by atoms with Gasteiger partial charge in [-0.05, 0) is 65.6 Å². The van der Waals surface area contributed by atoms with Crippen LogP contribution in [0.25, 0.3) is 11.1 Å². The SMILES string of the molecule is COc1cccc(-c2ccc(C#N)cc2)c1.COc1ccccc1.COc1ccccc1C1C(C=O)CC1C(=O)O. The molecule has 0 bridgehead atoms. The molecule has 4 aromatic carbocycles. The Balaban J connectivity index is 0.000000180. The largest absolute Gasteiger partial charge is 0.497 e. The van der Waals surface area contributed by atoms with Crippen LogP contribution in [0.5, 0.6) is 17.2 Å². The molecule has 7 heteroatoms. The van der Waals surface area contributed by atoms with Gasteiger partial charge in [0, 0.05) is 11.8 Å². The number of nitrogens with zero attached hydrogens (tertiary/aromatic N) is 1. The van der Waals surface area contributed by atoms with Crippen molar-refractivity contribution >= 4 is 12.3 Å². The number of carboxylic acid groups (broad SMARTS) is 1. The zero-order chi connectivity index (χ0) is 29.6. The Labute approximate surface area is 240 Å². The number of carbonyl (C=O) groups is 2. The molecule has 5 rings (SSSR count). The summed E-state index contributed by atoms with van der Waals surface area (Å²) in [4.78, 5) is 22.0. The van der Waals surface area contributed by atoms with Crippen molar-refractivity contribution in [1.29, 1.82) is 5.26 Å². The second kappa shape index (κ2) is 15.5. The van der Waals surface area contributed by atoms with Gasteiger partial charge in [0.05, 0.1) is 38.9 Å². The van der Waals surface area contributed by atoms with Crippen molar-refractivity contribution in [3.8, 4) is 34.4 Å². The maximum Gasteiger partial charge on any atom is 0.307 e. The first-order chi connectivity index (χ1) is 19.9. The van der Waals surface area contributed by atoms with E-state index in [0.29, 0.717) is 17.7 Å². The second-order valence-corrected chi connectivity index (χ2v) is 9.19. The number of para-hydroxylation sites is 2. The minimum absolute atomic E-state index is 0.215. The number of hydrogen-bond donors (Lipinski definition) is 1. The molecule has 0 heterocycles. The number of hydrogen-bond acceptors (Lipinski definition) is 6. The lowest BCUT2D eigenvalue weighted by atomic mass is 9.62. The summed E-state index contributed by atoms with van der Waals surface area (Å²) in [7, 11) is 4.86. The summed E-state index contributed by atoms with van der Waals surface area (Å²) in [6, 6.07) is 34.4. The van der Waals surface area contributed by atoms with Crippen LogP contribution >= 0.6 is 0 Å². The Morgan fingerprint density at radius 2 is 1.44 bits per heavy atom. The molecule has 3 unspecified atom stereocenters. The van der Waals surface area contributed by atoms with E-state index in [9.17, 15) is 9.59 Å². The molecule has 7 nitrogen and oxygen atoms in total. The fraction of sp³-hybridized carbons (Fsp3) is 0.206. The van der Waals surface area contributed by atoms with Crippen LogP contribution in [0, 0.1) is 23.2 Å². The van der Waals surface area contributed by atoms with E-state index in [4.69, 9.17) is 24.6 Å². The molecule has 210 valence electrons. The summed E-state index contributed by atoms with van der Waals surface area (Å²) >= 11 is 0. The van der Waals surface area contributed by atoms with Gasteiger partial charge in [0.2, 0.25) is 0 Å². The van der Waals surface area contributed by atoms with Crippen molar-refractivity contribution < 1.29 is 28.9 Å². The van der Waals surface area contributed by atoms with E-state index in [1.165, 1.54) is 0 Å². The Morgan fingerprint density at radius 3 is 2.00 bits per heavy atom. The van der Waals surface area contributed by atoms with Gasteiger partial charge in [-0.15, -0.1) is 0 Å². The van der Waals surface area contributed by atoms with Crippen molar-refractivity contribution in [2.24, 2.45) is 11.8 Å². The maximum atomic E-state index is 11.1. The molecule has 1 saturated carbocycles. The molecule has 0 aliphatic heterocycles. The van der Waals surface area contributed by atoms with E-state index in [1.807, 2.05) is 97.1 Å². The van der Waals surface area contributed by atoms with E-state index < -0.39 is 11.9 Å². The van der Waals surface area contributed by atoms with E-state index in [2.05, 4.69) is 6.07 Å². The van der Waals surface area contributed by atoms with Crippen LogP contribution in [0.1, 0.15) is 23.5 Å². The summed E-state index contributed by atoms with van der Waals surface area (Å²) < 4.78 is 15.3. The third kappa shape index (κ3) is 8.20. The Bertz CT molecular complexity index is 1450. The minimum atomic E-state index is -0.848. The van der Waals surface area contributed by atoms with Crippen LogP contribution in [-0.4, -0.2) is 38.7 Å². The first kappa shape index (κ1) is 30.5. The minimum Gasteiger partial charge on any atom is -0.497 e. The third-order valence-corrected chi connectivity index (χ3v) is 6.81. The monoisotopic (exact) mass is 551 g/mol. The number of nitriles is 1. The molecular formula is C34H33NO6. The van der Waals surface area contributed by atoms with E-state index in [-0.39, 0.29) is 11.8 Å². The van der Waals surface area contributed by atoms with Crippen LogP contribution < -0.4 is 14.2 Å².